The molecule has 90 valence electrons. The Hall–Kier alpha value is -1.39. The molecule has 0 spiro atoms. The number of Topliss-reactive ketones (excluding diaryl/α,β-unsaturated/α-hetero) is 1. The zero-order chi connectivity index (χ0) is 12.4. The number of ether oxygens (including phenoxy) is 1. The van der Waals surface area contributed by atoms with Gasteiger partial charge in [0.15, 0.2) is 5.78 Å². The van der Waals surface area contributed by atoms with Crippen LogP contribution >= 0.6 is 11.6 Å². The first-order valence-corrected chi connectivity index (χ1v) is 5.58. The Balaban J connectivity index is 2.27. The molecule has 1 aromatic rings. The Bertz CT molecular complexity index is 458. The van der Waals surface area contributed by atoms with E-state index in [1.807, 2.05) is 0 Å². The number of hydrogen-bond donors (Lipinski definition) is 1. The SMILES string of the molecule is O=C1OCC(CO)C1C(=O)c1cccc(Cl)c1. The molecular formula is C12H11ClO4. The van der Waals surface area contributed by atoms with Crippen molar-refractivity contribution in [2.45, 2.75) is 0 Å². The van der Waals surface area contributed by atoms with E-state index in [4.69, 9.17) is 21.4 Å². The highest BCUT2D eigenvalue weighted by atomic mass is 35.5. The highest BCUT2D eigenvalue weighted by Crippen LogP contribution is 2.26. The van der Waals surface area contributed by atoms with Crippen LogP contribution in [0.3, 0.4) is 0 Å². The van der Waals surface area contributed by atoms with Crippen molar-refractivity contribution < 1.29 is 19.4 Å². The van der Waals surface area contributed by atoms with Crippen molar-refractivity contribution in [3.8, 4) is 0 Å². The Labute approximate surface area is 103 Å². The van der Waals surface area contributed by atoms with E-state index >= 15 is 0 Å². The van der Waals surface area contributed by atoms with Crippen molar-refractivity contribution >= 4 is 23.4 Å². The van der Waals surface area contributed by atoms with Crippen LogP contribution in [0.15, 0.2) is 24.3 Å². The minimum absolute atomic E-state index is 0.0896. The molecule has 0 bridgehead atoms. The van der Waals surface area contributed by atoms with Crippen LogP contribution in [0.4, 0.5) is 0 Å². The molecule has 1 N–H and O–H groups in total. The van der Waals surface area contributed by atoms with E-state index in [1.165, 1.54) is 6.07 Å². The number of carbonyl (C=O) groups is 2. The number of aliphatic hydroxyl groups excluding tert-OH is 1. The molecule has 0 saturated carbocycles. The molecule has 4 nitrogen and oxygen atoms in total. The van der Waals surface area contributed by atoms with Gasteiger partial charge >= 0.3 is 5.97 Å². The van der Waals surface area contributed by atoms with Crippen molar-refractivity contribution in [3.05, 3.63) is 34.9 Å². The van der Waals surface area contributed by atoms with Gasteiger partial charge in [0.25, 0.3) is 0 Å². The number of hydrogen-bond acceptors (Lipinski definition) is 4. The molecular weight excluding hydrogens is 244 g/mol. The van der Waals surface area contributed by atoms with Gasteiger partial charge in [-0.25, -0.2) is 0 Å². The summed E-state index contributed by atoms with van der Waals surface area (Å²) in [4.78, 5) is 23.6. The standard InChI is InChI=1S/C12H11ClO4/c13-9-3-1-2-7(4-9)11(15)10-8(5-14)6-17-12(10)16/h1-4,8,10,14H,5-6H2. The molecule has 1 aromatic carbocycles. The lowest BCUT2D eigenvalue weighted by molar-refractivity contribution is -0.140. The van der Waals surface area contributed by atoms with Gasteiger partial charge in [-0.2, -0.15) is 0 Å². The first-order valence-electron chi connectivity index (χ1n) is 5.20. The minimum atomic E-state index is -0.918. The van der Waals surface area contributed by atoms with Gasteiger partial charge < -0.3 is 9.84 Å². The van der Waals surface area contributed by atoms with E-state index in [9.17, 15) is 9.59 Å². The third-order valence-corrected chi connectivity index (χ3v) is 3.03. The van der Waals surface area contributed by atoms with E-state index in [0.29, 0.717) is 10.6 Å². The van der Waals surface area contributed by atoms with E-state index in [1.54, 1.807) is 18.2 Å². The van der Waals surface area contributed by atoms with Crippen LogP contribution in [0.2, 0.25) is 5.02 Å². The van der Waals surface area contributed by atoms with E-state index < -0.39 is 17.8 Å². The molecule has 1 fully saturated rings. The van der Waals surface area contributed by atoms with Gasteiger partial charge in [0.2, 0.25) is 0 Å². The Morgan fingerprint density at radius 1 is 1.53 bits per heavy atom. The van der Waals surface area contributed by atoms with Crippen molar-refractivity contribution in [2.75, 3.05) is 13.2 Å². The number of ketones is 1. The average Bonchev–Trinajstić information content (AvgIpc) is 2.69. The van der Waals surface area contributed by atoms with Crippen LogP contribution in [0, 0.1) is 11.8 Å². The van der Waals surface area contributed by atoms with Crippen LogP contribution in [-0.4, -0.2) is 30.1 Å². The van der Waals surface area contributed by atoms with Crippen molar-refractivity contribution in [1.82, 2.24) is 0 Å². The van der Waals surface area contributed by atoms with Crippen LogP contribution in [0.25, 0.3) is 0 Å². The number of esters is 1. The summed E-state index contributed by atoms with van der Waals surface area (Å²) in [5.74, 6) is -2.31. The maximum absolute atomic E-state index is 12.1. The van der Waals surface area contributed by atoms with Crippen molar-refractivity contribution in [1.29, 1.82) is 0 Å². The van der Waals surface area contributed by atoms with Crippen LogP contribution < -0.4 is 0 Å². The summed E-state index contributed by atoms with van der Waals surface area (Å²) in [5.41, 5.74) is 0.361. The molecule has 2 unspecified atom stereocenters. The molecule has 2 atom stereocenters. The number of rotatable bonds is 3. The third-order valence-electron chi connectivity index (χ3n) is 2.79. The number of carbonyl (C=O) groups excluding carboxylic acids is 2. The molecule has 17 heavy (non-hydrogen) atoms. The van der Waals surface area contributed by atoms with Crippen LogP contribution in [0.5, 0.6) is 0 Å². The zero-order valence-electron chi connectivity index (χ0n) is 8.93. The molecule has 5 heteroatoms. The van der Waals surface area contributed by atoms with Gasteiger partial charge in [-0.1, -0.05) is 23.7 Å². The number of benzene rings is 1. The Morgan fingerprint density at radius 2 is 2.29 bits per heavy atom. The van der Waals surface area contributed by atoms with Gasteiger partial charge in [-0.05, 0) is 12.1 Å². The van der Waals surface area contributed by atoms with Crippen LogP contribution in [0.1, 0.15) is 10.4 Å². The van der Waals surface area contributed by atoms with Crippen LogP contribution in [-0.2, 0) is 9.53 Å². The number of halogens is 1. The molecule has 0 amide bonds. The first kappa shape index (κ1) is 12.1. The lowest BCUT2D eigenvalue weighted by Crippen LogP contribution is -2.27. The maximum atomic E-state index is 12.1. The molecule has 0 aliphatic carbocycles. The highest BCUT2D eigenvalue weighted by molar-refractivity contribution is 6.31. The largest absolute Gasteiger partial charge is 0.465 e. The molecule has 2 rings (SSSR count). The smallest absolute Gasteiger partial charge is 0.317 e. The van der Waals surface area contributed by atoms with Gasteiger partial charge in [-0.3, -0.25) is 9.59 Å². The topological polar surface area (TPSA) is 63.6 Å². The monoisotopic (exact) mass is 254 g/mol. The fourth-order valence-corrected chi connectivity index (χ4v) is 2.06. The quantitative estimate of drug-likeness (QED) is 0.502. The average molecular weight is 255 g/mol. The van der Waals surface area contributed by atoms with Gasteiger partial charge in [-0.15, -0.1) is 0 Å². The third kappa shape index (κ3) is 2.33. The summed E-state index contributed by atoms with van der Waals surface area (Å²) in [6, 6.07) is 6.39. The lowest BCUT2D eigenvalue weighted by atomic mass is 9.88. The molecule has 1 aliphatic heterocycles. The lowest BCUT2D eigenvalue weighted by Gasteiger charge is -2.11. The van der Waals surface area contributed by atoms with Crippen molar-refractivity contribution in [3.63, 3.8) is 0 Å². The summed E-state index contributed by atoms with van der Waals surface area (Å²) >= 11 is 5.78. The van der Waals surface area contributed by atoms with E-state index in [2.05, 4.69) is 0 Å². The second-order valence-electron chi connectivity index (χ2n) is 3.92. The maximum Gasteiger partial charge on any atom is 0.317 e. The fourth-order valence-electron chi connectivity index (χ4n) is 1.87. The second-order valence-corrected chi connectivity index (χ2v) is 4.36. The number of aliphatic hydroxyl groups is 1. The minimum Gasteiger partial charge on any atom is -0.465 e. The van der Waals surface area contributed by atoms with Gasteiger partial charge in [0.05, 0.1) is 13.2 Å². The highest BCUT2D eigenvalue weighted by Gasteiger charge is 2.42. The fraction of sp³-hybridized carbons (Fsp3) is 0.333. The summed E-state index contributed by atoms with van der Waals surface area (Å²) in [6.45, 7) is -0.158. The molecule has 0 radical (unpaired) electrons. The van der Waals surface area contributed by atoms with E-state index in [-0.39, 0.29) is 19.0 Å². The predicted octanol–water partition coefficient (Wildman–Crippen LogP) is 1.30. The van der Waals surface area contributed by atoms with E-state index in [0.717, 1.165) is 0 Å². The normalized spacial score (nSPS) is 23.5. The summed E-state index contributed by atoms with van der Waals surface area (Å²) in [6.07, 6.45) is 0. The number of cyclic esters (lactones) is 1. The molecule has 1 aliphatic rings. The summed E-state index contributed by atoms with van der Waals surface area (Å²) in [5, 5.41) is 9.53. The molecule has 1 heterocycles. The Morgan fingerprint density at radius 3 is 2.94 bits per heavy atom. The summed E-state index contributed by atoms with van der Waals surface area (Å²) in [7, 11) is 0. The van der Waals surface area contributed by atoms with Crippen molar-refractivity contribution in [2.24, 2.45) is 11.8 Å². The van der Waals surface area contributed by atoms with Gasteiger partial charge in [0, 0.05) is 16.5 Å². The second kappa shape index (κ2) is 4.85. The Kier molecular flexibility index (Phi) is 3.45. The zero-order valence-corrected chi connectivity index (χ0v) is 9.68. The first-order chi connectivity index (χ1) is 8.13. The summed E-state index contributed by atoms with van der Waals surface area (Å²) < 4.78 is 4.79. The molecule has 1 saturated heterocycles. The molecule has 0 aromatic heterocycles. The predicted molar refractivity (Wildman–Crippen MR) is 60.8 cm³/mol. The van der Waals surface area contributed by atoms with Gasteiger partial charge in [0.1, 0.15) is 5.92 Å².